The molecule has 1 aliphatic carbocycles. The van der Waals surface area contributed by atoms with E-state index in [2.05, 4.69) is 16.0 Å². The standard InChI is InChI=1S/C25H42N4O6/c1-5-6-10-19(21(31)22(32)27-20(17(2)3)18(4)30)26-23(33)25(11-8-7-9-12-25)28-24(34)29-13-15-35-16-14-29/h17,19-20H,5-16H2,1-4H3,(H,26,33)(H,27,32)(H,28,34)/t19-,20-/m0/s1. The molecule has 1 saturated heterocycles. The summed E-state index contributed by atoms with van der Waals surface area (Å²) in [6.45, 7) is 8.71. The average Bonchev–Trinajstić information content (AvgIpc) is 2.84. The molecule has 1 heterocycles. The molecule has 4 amide bonds. The van der Waals surface area contributed by atoms with E-state index in [0.717, 1.165) is 25.7 Å². The van der Waals surface area contributed by atoms with Gasteiger partial charge in [0.2, 0.25) is 11.7 Å². The Bertz CT molecular complexity index is 772. The summed E-state index contributed by atoms with van der Waals surface area (Å²) in [7, 11) is 0. The second kappa shape index (κ2) is 13.6. The lowest BCUT2D eigenvalue weighted by Crippen LogP contribution is -2.65. The summed E-state index contributed by atoms with van der Waals surface area (Å²) in [5, 5.41) is 8.28. The van der Waals surface area contributed by atoms with Crippen LogP contribution in [0, 0.1) is 5.92 Å². The number of Topliss-reactive ketones (excluding diaryl/α,β-unsaturated/α-hetero) is 2. The Kier molecular flexibility index (Phi) is 11.1. The number of carbonyl (C=O) groups is 5. The van der Waals surface area contributed by atoms with Crippen LogP contribution in [-0.2, 0) is 23.9 Å². The first-order chi connectivity index (χ1) is 16.6. The zero-order chi connectivity index (χ0) is 26.0. The molecule has 2 fully saturated rings. The summed E-state index contributed by atoms with van der Waals surface area (Å²) in [5.41, 5.74) is -1.13. The van der Waals surface area contributed by atoms with Crippen LogP contribution in [0.2, 0.25) is 0 Å². The molecular formula is C25H42N4O6. The number of amides is 4. The Labute approximate surface area is 208 Å². The fraction of sp³-hybridized carbons (Fsp3) is 0.800. The van der Waals surface area contributed by atoms with Gasteiger partial charge in [0, 0.05) is 13.1 Å². The third-order valence-electron chi connectivity index (χ3n) is 6.87. The van der Waals surface area contributed by atoms with E-state index >= 15 is 0 Å². The maximum atomic E-state index is 13.6. The number of unbranched alkanes of at least 4 members (excludes halogenated alkanes) is 1. The van der Waals surface area contributed by atoms with Crippen LogP contribution in [-0.4, -0.2) is 78.2 Å². The minimum Gasteiger partial charge on any atom is -0.378 e. The molecule has 2 atom stereocenters. The molecule has 3 N–H and O–H groups in total. The summed E-state index contributed by atoms with van der Waals surface area (Å²) in [6.07, 6.45) is 5.17. The van der Waals surface area contributed by atoms with Crippen molar-refractivity contribution in [2.24, 2.45) is 5.92 Å². The first-order valence-electron chi connectivity index (χ1n) is 12.9. The molecule has 0 aromatic heterocycles. The van der Waals surface area contributed by atoms with Gasteiger partial charge in [-0.2, -0.15) is 0 Å². The Hall–Kier alpha value is -2.49. The SMILES string of the molecule is CCCC[C@H](NC(=O)C1(NC(=O)N2CCOCC2)CCCCC1)C(=O)C(=O)N[C@H](C(C)=O)C(C)C. The second-order valence-corrected chi connectivity index (χ2v) is 10.0. The minimum absolute atomic E-state index is 0.172. The van der Waals surface area contributed by atoms with Gasteiger partial charge >= 0.3 is 6.03 Å². The van der Waals surface area contributed by atoms with Gasteiger partial charge in [0.1, 0.15) is 5.54 Å². The summed E-state index contributed by atoms with van der Waals surface area (Å²) in [6, 6.07) is -2.12. The minimum atomic E-state index is -1.13. The number of carbonyl (C=O) groups excluding carboxylic acids is 5. The van der Waals surface area contributed by atoms with Crippen LogP contribution in [0.4, 0.5) is 4.79 Å². The summed E-state index contributed by atoms with van der Waals surface area (Å²) in [5.74, 6) is -2.50. The van der Waals surface area contributed by atoms with E-state index in [1.807, 2.05) is 6.92 Å². The first-order valence-corrected chi connectivity index (χ1v) is 12.9. The Morgan fingerprint density at radius 3 is 2.14 bits per heavy atom. The van der Waals surface area contributed by atoms with Gasteiger partial charge in [0.15, 0.2) is 5.78 Å². The lowest BCUT2D eigenvalue weighted by Gasteiger charge is -2.39. The lowest BCUT2D eigenvalue weighted by atomic mass is 9.80. The number of urea groups is 1. The van der Waals surface area contributed by atoms with Gasteiger partial charge in [0.25, 0.3) is 5.91 Å². The summed E-state index contributed by atoms with van der Waals surface area (Å²) >= 11 is 0. The number of nitrogens with zero attached hydrogens (tertiary/aromatic N) is 1. The molecule has 1 saturated carbocycles. The third-order valence-corrected chi connectivity index (χ3v) is 6.87. The van der Waals surface area contributed by atoms with Gasteiger partial charge < -0.3 is 25.6 Å². The second-order valence-electron chi connectivity index (χ2n) is 10.0. The fourth-order valence-electron chi connectivity index (χ4n) is 4.70. The highest BCUT2D eigenvalue weighted by molar-refractivity contribution is 6.38. The molecule has 10 nitrogen and oxygen atoms in total. The van der Waals surface area contributed by atoms with Crippen molar-refractivity contribution >= 4 is 29.4 Å². The molecule has 0 radical (unpaired) electrons. The van der Waals surface area contributed by atoms with Gasteiger partial charge in [-0.3, -0.25) is 19.2 Å². The smallest absolute Gasteiger partial charge is 0.318 e. The highest BCUT2D eigenvalue weighted by atomic mass is 16.5. The maximum absolute atomic E-state index is 13.6. The van der Waals surface area contributed by atoms with Crippen LogP contribution in [0.25, 0.3) is 0 Å². The zero-order valence-electron chi connectivity index (χ0n) is 21.6. The number of rotatable bonds is 11. The number of morpholine rings is 1. The fourth-order valence-corrected chi connectivity index (χ4v) is 4.70. The molecule has 0 unspecified atom stereocenters. The molecule has 35 heavy (non-hydrogen) atoms. The highest BCUT2D eigenvalue weighted by Gasteiger charge is 2.43. The largest absolute Gasteiger partial charge is 0.378 e. The Morgan fingerprint density at radius 1 is 0.971 bits per heavy atom. The van der Waals surface area contributed by atoms with E-state index in [-0.39, 0.29) is 17.7 Å². The molecule has 0 aromatic rings. The number of nitrogens with one attached hydrogen (secondary N) is 3. The van der Waals surface area contributed by atoms with Crippen molar-refractivity contribution in [1.82, 2.24) is 20.9 Å². The number of ketones is 2. The molecule has 2 aliphatic rings. The molecule has 0 bridgehead atoms. The maximum Gasteiger partial charge on any atom is 0.318 e. The van der Waals surface area contributed by atoms with Gasteiger partial charge in [-0.1, -0.05) is 52.9 Å². The molecule has 0 aromatic carbocycles. The summed E-state index contributed by atoms with van der Waals surface area (Å²) in [4.78, 5) is 65.9. The highest BCUT2D eigenvalue weighted by Crippen LogP contribution is 2.29. The van der Waals surface area contributed by atoms with Crippen molar-refractivity contribution in [2.75, 3.05) is 26.3 Å². The van der Waals surface area contributed by atoms with Crippen molar-refractivity contribution in [1.29, 1.82) is 0 Å². The first kappa shape index (κ1) is 28.7. The van der Waals surface area contributed by atoms with Crippen molar-refractivity contribution in [2.45, 2.75) is 96.7 Å². The number of hydrogen-bond donors (Lipinski definition) is 3. The van der Waals surface area contributed by atoms with E-state index < -0.39 is 35.2 Å². The van der Waals surface area contributed by atoms with E-state index in [9.17, 15) is 24.0 Å². The van der Waals surface area contributed by atoms with Crippen molar-refractivity contribution in [3.63, 3.8) is 0 Å². The van der Waals surface area contributed by atoms with E-state index in [4.69, 9.17) is 4.74 Å². The monoisotopic (exact) mass is 494 g/mol. The lowest BCUT2D eigenvalue weighted by molar-refractivity contribution is -0.142. The van der Waals surface area contributed by atoms with Crippen molar-refractivity contribution < 1.29 is 28.7 Å². The Morgan fingerprint density at radius 2 is 1.60 bits per heavy atom. The van der Waals surface area contributed by atoms with E-state index in [1.54, 1.807) is 18.7 Å². The molecule has 198 valence electrons. The predicted octanol–water partition coefficient (Wildman–Crippen LogP) is 1.71. The van der Waals surface area contributed by atoms with Crippen LogP contribution < -0.4 is 16.0 Å². The molecule has 1 aliphatic heterocycles. The normalized spacial score (nSPS) is 19.4. The van der Waals surface area contributed by atoms with Crippen LogP contribution in [0.5, 0.6) is 0 Å². The van der Waals surface area contributed by atoms with Crippen LogP contribution in [0.3, 0.4) is 0 Å². The van der Waals surface area contributed by atoms with E-state index in [1.165, 1.54) is 6.92 Å². The molecule has 0 spiro atoms. The average molecular weight is 495 g/mol. The molecule has 2 rings (SSSR count). The van der Waals surface area contributed by atoms with Gasteiger partial charge in [-0.05, 0) is 32.1 Å². The van der Waals surface area contributed by atoms with Gasteiger partial charge in [0.05, 0.1) is 25.3 Å². The summed E-state index contributed by atoms with van der Waals surface area (Å²) < 4.78 is 5.31. The Balaban J connectivity index is 2.17. The predicted molar refractivity (Wildman–Crippen MR) is 131 cm³/mol. The third kappa shape index (κ3) is 8.02. The van der Waals surface area contributed by atoms with Crippen LogP contribution in [0.1, 0.15) is 79.1 Å². The van der Waals surface area contributed by atoms with Gasteiger partial charge in [-0.15, -0.1) is 0 Å². The molecular weight excluding hydrogens is 452 g/mol. The quantitative estimate of drug-likeness (QED) is 0.374. The van der Waals surface area contributed by atoms with Crippen molar-refractivity contribution in [3.8, 4) is 0 Å². The van der Waals surface area contributed by atoms with E-state index in [0.29, 0.717) is 52.0 Å². The van der Waals surface area contributed by atoms with Crippen LogP contribution >= 0.6 is 0 Å². The number of hydrogen-bond acceptors (Lipinski definition) is 6. The topological polar surface area (TPSA) is 134 Å². The molecule has 10 heteroatoms. The zero-order valence-corrected chi connectivity index (χ0v) is 21.6. The van der Waals surface area contributed by atoms with Crippen molar-refractivity contribution in [3.05, 3.63) is 0 Å². The van der Waals surface area contributed by atoms with Gasteiger partial charge in [-0.25, -0.2) is 4.79 Å². The number of ether oxygens (including phenoxy) is 1. The van der Waals surface area contributed by atoms with Crippen LogP contribution in [0.15, 0.2) is 0 Å².